The first-order valence-electron chi connectivity index (χ1n) is 15.9. The number of aliphatic hydroxyl groups excluding tert-OH is 3. The van der Waals surface area contributed by atoms with Gasteiger partial charge in [0.15, 0.2) is 0 Å². The van der Waals surface area contributed by atoms with E-state index in [1.807, 2.05) is 13.0 Å². The second-order valence-corrected chi connectivity index (χ2v) is 12.1. The maximum absolute atomic E-state index is 10.9. The minimum absolute atomic E-state index is 0.132. The first-order chi connectivity index (χ1) is 22.7. The molecule has 3 atom stereocenters. The molecule has 0 bridgehead atoms. The van der Waals surface area contributed by atoms with Crippen LogP contribution in [0.25, 0.3) is 0 Å². The average molecular weight is 663 g/mol. The van der Waals surface area contributed by atoms with Gasteiger partial charge in [0.25, 0.3) is 0 Å². The Balaban J connectivity index is 0. The van der Waals surface area contributed by atoms with Crippen LogP contribution in [0.15, 0.2) is 15.0 Å². The Bertz CT molecular complexity index is 1030. The molecule has 15 heteroatoms. The minimum Gasteiger partial charge on any atom is -0.396 e. The van der Waals surface area contributed by atoms with Crippen molar-refractivity contribution in [1.82, 2.24) is 0 Å². The first kappa shape index (κ1) is 45.3. The van der Waals surface area contributed by atoms with Crippen LogP contribution in [0.2, 0.25) is 0 Å². The van der Waals surface area contributed by atoms with E-state index >= 15 is 0 Å². The number of carbonyl (C=O) groups excluding carboxylic acids is 6. The van der Waals surface area contributed by atoms with Crippen LogP contribution in [-0.2, 0) is 28.8 Å². The van der Waals surface area contributed by atoms with Crippen molar-refractivity contribution in [3.05, 3.63) is 0 Å². The maximum atomic E-state index is 10.9. The molecule has 47 heavy (non-hydrogen) atoms. The molecule has 262 valence electrons. The highest BCUT2D eigenvalue weighted by atomic mass is 16.3. The fourth-order valence-electron chi connectivity index (χ4n) is 6.60. The Morgan fingerprint density at radius 3 is 1.26 bits per heavy atom. The van der Waals surface area contributed by atoms with Crippen LogP contribution in [0, 0.1) is 45.3 Å². The van der Waals surface area contributed by atoms with Crippen molar-refractivity contribution >= 4 is 36.5 Å². The lowest BCUT2D eigenvalue weighted by atomic mass is 9.69. The highest BCUT2D eigenvalue weighted by Crippen LogP contribution is 2.42. The van der Waals surface area contributed by atoms with Crippen molar-refractivity contribution in [1.29, 1.82) is 16.2 Å². The molecule has 0 amide bonds. The van der Waals surface area contributed by atoms with Gasteiger partial charge in [0, 0.05) is 5.41 Å². The Kier molecular flexibility index (Phi) is 28.5. The van der Waals surface area contributed by atoms with E-state index in [9.17, 15) is 14.4 Å². The van der Waals surface area contributed by atoms with E-state index in [1.54, 1.807) is 12.2 Å². The fraction of sp³-hybridized carbons (Fsp3) is 0.812. The number of hydrogen-bond donors (Lipinski definition) is 6. The van der Waals surface area contributed by atoms with Crippen molar-refractivity contribution in [2.45, 2.75) is 115 Å². The van der Waals surface area contributed by atoms with E-state index < -0.39 is 5.41 Å². The molecule has 0 aromatic carbocycles. The van der Waals surface area contributed by atoms with Crippen LogP contribution in [0.5, 0.6) is 0 Å². The van der Waals surface area contributed by atoms with Crippen LogP contribution in [-0.4, -0.2) is 89.7 Å². The van der Waals surface area contributed by atoms with Crippen LogP contribution >= 0.6 is 0 Å². The topological polar surface area (TPSA) is 272 Å². The van der Waals surface area contributed by atoms with Crippen LogP contribution in [0.1, 0.15) is 96.8 Å². The van der Waals surface area contributed by atoms with Crippen molar-refractivity contribution in [2.75, 3.05) is 19.8 Å². The summed E-state index contributed by atoms with van der Waals surface area (Å²) in [4.78, 5) is 68.9. The average Bonchev–Trinajstić information content (AvgIpc) is 3.07. The van der Waals surface area contributed by atoms with Crippen molar-refractivity contribution in [3.8, 4) is 0 Å². The molecular formula is C32H50N6O9. The Labute approximate surface area is 275 Å². The van der Waals surface area contributed by atoms with Gasteiger partial charge in [-0.3, -0.25) is 0 Å². The lowest BCUT2D eigenvalue weighted by Crippen LogP contribution is -2.32. The molecular weight excluding hydrogens is 612 g/mol. The molecule has 6 N–H and O–H groups in total. The summed E-state index contributed by atoms with van der Waals surface area (Å²) >= 11 is 0. The molecule has 0 aliphatic heterocycles. The van der Waals surface area contributed by atoms with Gasteiger partial charge in [-0.25, -0.2) is 60.0 Å². The zero-order chi connectivity index (χ0) is 35.9. The molecule has 3 unspecified atom stereocenters. The number of nitrogens with one attached hydrogen (secondary N) is 3. The fourth-order valence-corrected chi connectivity index (χ4v) is 6.60. The molecule has 3 aliphatic rings. The number of hydrogen-bond acceptors (Lipinski definition) is 15. The predicted molar refractivity (Wildman–Crippen MR) is 169 cm³/mol. The summed E-state index contributed by atoms with van der Waals surface area (Å²) < 4.78 is 0. The minimum atomic E-state index is -0.667. The first-order valence-corrected chi connectivity index (χ1v) is 15.9. The summed E-state index contributed by atoms with van der Waals surface area (Å²) in [6.45, 7) is 1.35. The van der Waals surface area contributed by atoms with Crippen LogP contribution < -0.4 is 0 Å². The van der Waals surface area contributed by atoms with Gasteiger partial charge in [-0.1, -0.05) is 6.92 Å². The van der Waals surface area contributed by atoms with E-state index in [1.165, 1.54) is 6.42 Å². The lowest BCUT2D eigenvalue weighted by Gasteiger charge is -2.38. The van der Waals surface area contributed by atoms with Gasteiger partial charge in [0.2, 0.25) is 36.5 Å². The van der Waals surface area contributed by atoms with Gasteiger partial charge in [-0.2, -0.15) is 0 Å². The smallest absolute Gasteiger partial charge is 0.235 e. The summed E-state index contributed by atoms with van der Waals surface area (Å²) in [5.74, 6) is 2.58. The zero-order valence-electron chi connectivity index (χ0n) is 27.2. The molecule has 3 saturated carbocycles. The van der Waals surface area contributed by atoms with E-state index in [0.29, 0.717) is 24.2 Å². The molecule has 0 radical (unpaired) electrons. The Morgan fingerprint density at radius 2 is 0.936 bits per heavy atom. The summed E-state index contributed by atoms with van der Waals surface area (Å²) in [5, 5.41) is 42.2. The van der Waals surface area contributed by atoms with Crippen LogP contribution in [0.3, 0.4) is 0 Å². The predicted octanol–water partition coefficient (Wildman–Crippen LogP) is 3.74. The molecule has 15 nitrogen and oxygen atoms in total. The second-order valence-electron chi connectivity index (χ2n) is 12.1. The summed E-state index contributed by atoms with van der Waals surface area (Å²) in [6.07, 6.45) is 22.3. The SMILES string of the molecule is CCC(CO)(CO)CO.N=C=O.N=C=O.N=C=O.O=C=NC1CCC(CC2CCC(N=C=O)C(CC3CCC(N=C=O)CC3)C2)CC1. The van der Waals surface area contributed by atoms with Gasteiger partial charge in [-0.15, -0.1) is 0 Å². The highest BCUT2D eigenvalue weighted by molar-refractivity contribution is 5.34. The Hall–Kier alpha value is -3.84. The van der Waals surface area contributed by atoms with Gasteiger partial charge < -0.3 is 15.3 Å². The number of aliphatic imine (C=N–C) groups is 3. The molecule has 0 aromatic heterocycles. The summed E-state index contributed by atoms with van der Waals surface area (Å²) in [5.41, 5.74) is -0.667. The van der Waals surface area contributed by atoms with Crippen LogP contribution in [0.4, 0.5) is 0 Å². The van der Waals surface area contributed by atoms with E-state index in [4.69, 9.17) is 45.9 Å². The number of aliphatic hydroxyl groups is 3. The number of isocyanates is 6. The van der Waals surface area contributed by atoms with Crippen molar-refractivity contribution in [2.24, 2.45) is 44.1 Å². The lowest BCUT2D eigenvalue weighted by molar-refractivity contribution is 0.00304. The van der Waals surface area contributed by atoms with Gasteiger partial charge in [0.05, 0.1) is 37.9 Å². The van der Waals surface area contributed by atoms with E-state index in [-0.39, 0.29) is 37.9 Å². The molecule has 0 spiro atoms. The summed E-state index contributed by atoms with van der Waals surface area (Å²) in [7, 11) is 0. The quantitative estimate of drug-likeness (QED) is 0.139. The third kappa shape index (κ3) is 20.1. The maximum Gasteiger partial charge on any atom is 0.235 e. The molecule has 3 rings (SSSR count). The van der Waals surface area contributed by atoms with E-state index in [2.05, 4.69) is 15.0 Å². The monoisotopic (exact) mass is 662 g/mol. The zero-order valence-corrected chi connectivity index (χ0v) is 27.2. The second kappa shape index (κ2) is 29.6. The molecule has 0 saturated heterocycles. The number of rotatable bonds is 11. The standard InChI is InChI=1S/C23H33N3O3.C6H14O3.3CHNO/c27-14-24-21-6-1-17(2-7-21)11-19-5-10-23(26-16-29)20(13-19)12-18-3-8-22(9-4-18)25-15-28;1-2-6(3-7,4-8)5-9;3*2-1-3/h17-23H,1-13H2;7-9H,2-5H2,1H3;3*2H. The Morgan fingerprint density at radius 1 is 0.574 bits per heavy atom. The van der Waals surface area contributed by atoms with E-state index in [0.717, 1.165) is 101 Å². The molecule has 3 aliphatic carbocycles. The molecule has 0 aromatic rings. The largest absolute Gasteiger partial charge is 0.396 e. The normalized spacial score (nSPS) is 25.9. The van der Waals surface area contributed by atoms with Gasteiger partial charge in [-0.05, 0) is 114 Å². The third-order valence-corrected chi connectivity index (χ3v) is 9.43. The summed E-state index contributed by atoms with van der Waals surface area (Å²) in [6, 6.07) is 0.477. The third-order valence-electron chi connectivity index (χ3n) is 9.43. The highest BCUT2D eigenvalue weighted by Gasteiger charge is 2.35. The molecule has 0 heterocycles. The van der Waals surface area contributed by atoms with Crippen molar-refractivity contribution in [3.63, 3.8) is 0 Å². The van der Waals surface area contributed by atoms with Crippen molar-refractivity contribution < 1.29 is 44.1 Å². The number of nitrogens with zero attached hydrogens (tertiary/aromatic N) is 3. The van der Waals surface area contributed by atoms with Gasteiger partial charge in [0.1, 0.15) is 0 Å². The molecule has 3 fully saturated rings. The van der Waals surface area contributed by atoms with Gasteiger partial charge >= 0.3 is 0 Å².